The lowest BCUT2D eigenvalue weighted by Crippen LogP contribution is -2.40. The Morgan fingerprint density at radius 3 is 2.45 bits per heavy atom. The summed E-state index contributed by atoms with van der Waals surface area (Å²) in [5.74, 6) is -0.325. The van der Waals surface area contributed by atoms with Crippen LogP contribution >= 0.6 is 0 Å². The molecule has 0 unspecified atom stereocenters. The van der Waals surface area contributed by atoms with Crippen LogP contribution in [0, 0.1) is 0 Å². The van der Waals surface area contributed by atoms with Crippen LogP contribution in [0.25, 0.3) is 0 Å². The highest BCUT2D eigenvalue weighted by molar-refractivity contribution is 7.89. The molecule has 2 fully saturated rings. The molecule has 0 aliphatic carbocycles. The van der Waals surface area contributed by atoms with E-state index in [1.807, 2.05) is 18.2 Å². The molecule has 4 rings (SSSR count). The number of sulfonamides is 1. The number of hydrogen-bond donors (Lipinski definition) is 1. The maximum absolute atomic E-state index is 12.9. The molecular formula is C23H29N3O4S. The summed E-state index contributed by atoms with van der Waals surface area (Å²) in [7, 11) is -3.65. The lowest BCUT2D eigenvalue weighted by atomic mass is 10.1. The molecule has 0 spiro atoms. The molecule has 0 atom stereocenters. The Morgan fingerprint density at radius 2 is 1.68 bits per heavy atom. The number of benzene rings is 2. The summed E-state index contributed by atoms with van der Waals surface area (Å²) in [5, 5.41) is 2.91. The number of rotatable bonds is 6. The first-order chi connectivity index (χ1) is 15.0. The van der Waals surface area contributed by atoms with Gasteiger partial charge in [0.25, 0.3) is 5.91 Å². The minimum atomic E-state index is -3.65. The molecule has 0 bridgehead atoms. The third-order valence-corrected chi connectivity index (χ3v) is 7.64. The van der Waals surface area contributed by atoms with Gasteiger partial charge < -0.3 is 10.1 Å². The van der Waals surface area contributed by atoms with Gasteiger partial charge in [-0.1, -0.05) is 24.6 Å². The number of nitrogens with zero attached hydrogens (tertiary/aromatic N) is 2. The fourth-order valence-corrected chi connectivity index (χ4v) is 5.51. The van der Waals surface area contributed by atoms with Crippen molar-refractivity contribution in [1.29, 1.82) is 0 Å². The zero-order chi connectivity index (χ0) is 21.7. The van der Waals surface area contributed by atoms with Crippen LogP contribution in [0.1, 0.15) is 35.2 Å². The third-order valence-electron chi connectivity index (χ3n) is 5.74. The van der Waals surface area contributed by atoms with Crippen molar-refractivity contribution in [2.75, 3.05) is 44.7 Å². The lowest BCUT2D eigenvalue weighted by Gasteiger charge is -2.26. The first-order valence-corrected chi connectivity index (χ1v) is 12.3. The zero-order valence-electron chi connectivity index (χ0n) is 17.6. The number of morpholine rings is 1. The minimum Gasteiger partial charge on any atom is -0.379 e. The predicted octanol–water partition coefficient (Wildman–Crippen LogP) is 2.95. The quantitative estimate of drug-likeness (QED) is 0.743. The van der Waals surface area contributed by atoms with Crippen LogP contribution < -0.4 is 5.32 Å². The van der Waals surface area contributed by atoms with Gasteiger partial charge in [0.1, 0.15) is 0 Å². The first-order valence-electron chi connectivity index (χ1n) is 10.8. The van der Waals surface area contributed by atoms with E-state index in [2.05, 4.69) is 16.3 Å². The molecule has 0 aromatic heterocycles. The minimum absolute atomic E-state index is 0.126. The molecule has 7 nitrogen and oxygen atoms in total. The van der Waals surface area contributed by atoms with Crippen molar-refractivity contribution in [3.63, 3.8) is 0 Å². The highest BCUT2D eigenvalue weighted by Gasteiger charge is 2.26. The zero-order valence-corrected chi connectivity index (χ0v) is 18.4. The van der Waals surface area contributed by atoms with Crippen LogP contribution in [-0.4, -0.2) is 62.9 Å². The van der Waals surface area contributed by atoms with Crippen LogP contribution in [0.5, 0.6) is 0 Å². The first kappa shape index (κ1) is 22.0. The highest BCUT2D eigenvalue weighted by Crippen LogP contribution is 2.20. The molecule has 2 aliphatic rings. The Bertz CT molecular complexity index is 1010. The molecule has 1 N–H and O–H groups in total. The van der Waals surface area contributed by atoms with Crippen molar-refractivity contribution in [2.45, 2.75) is 30.7 Å². The Balaban J connectivity index is 1.45. The number of ether oxygens (including phenoxy) is 1. The molecule has 2 saturated heterocycles. The smallest absolute Gasteiger partial charge is 0.255 e. The van der Waals surface area contributed by atoms with E-state index >= 15 is 0 Å². The highest BCUT2D eigenvalue weighted by atomic mass is 32.2. The number of carbonyl (C=O) groups excluding carboxylic acids is 1. The Morgan fingerprint density at radius 1 is 0.935 bits per heavy atom. The van der Waals surface area contributed by atoms with E-state index in [1.165, 1.54) is 35.7 Å². The molecule has 2 aliphatic heterocycles. The van der Waals surface area contributed by atoms with Gasteiger partial charge in [-0.05, 0) is 61.8 Å². The monoisotopic (exact) mass is 443 g/mol. The normalized spacial score (nSPS) is 18.6. The summed E-state index contributed by atoms with van der Waals surface area (Å²) < 4.78 is 32.4. The number of likely N-dealkylation sites (tertiary alicyclic amines) is 1. The van der Waals surface area contributed by atoms with Gasteiger partial charge in [-0.15, -0.1) is 0 Å². The predicted molar refractivity (Wildman–Crippen MR) is 120 cm³/mol. The molecule has 8 heteroatoms. The second-order valence-electron chi connectivity index (χ2n) is 8.04. The van der Waals surface area contributed by atoms with Crippen molar-refractivity contribution in [3.8, 4) is 0 Å². The topological polar surface area (TPSA) is 79.0 Å². The van der Waals surface area contributed by atoms with E-state index in [4.69, 9.17) is 4.74 Å². The molecule has 2 heterocycles. The fraction of sp³-hybridized carbons (Fsp3) is 0.435. The molecule has 1 amide bonds. The summed E-state index contributed by atoms with van der Waals surface area (Å²) >= 11 is 0. The average molecular weight is 444 g/mol. The standard InChI is InChI=1S/C23H29N3O4S/c27-23(24-21-8-4-6-19(16-21)18-25-10-2-1-3-11-25)20-7-5-9-22(17-20)31(28,29)26-12-14-30-15-13-26/h4-9,16-17H,1-3,10-15,18H2,(H,24,27). The fourth-order valence-electron chi connectivity index (χ4n) is 4.06. The van der Waals surface area contributed by atoms with Crippen LogP contribution in [0.15, 0.2) is 53.4 Å². The van der Waals surface area contributed by atoms with Crippen LogP contribution in [0.2, 0.25) is 0 Å². The third kappa shape index (κ3) is 5.51. The van der Waals surface area contributed by atoms with Gasteiger partial charge in [0.05, 0.1) is 18.1 Å². The van der Waals surface area contributed by atoms with Gasteiger partial charge in [-0.25, -0.2) is 8.42 Å². The summed E-state index contributed by atoms with van der Waals surface area (Å²) in [4.78, 5) is 15.4. The number of nitrogens with one attached hydrogen (secondary N) is 1. The van der Waals surface area contributed by atoms with Crippen molar-refractivity contribution in [2.24, 2.45) is 0 Å². The number of carbonyl (C=O) groups is 1. The largest absolute Gasteiger partial charge is 0.379 e. The lowest BCUT2D eigenvalue weighted by molar-refractivity contribution is 0.0730. The van der Waals surface area contributed by atoms with E-state index in [9.17, 15) is 13.2 Å². The molecule has 166 valence electrons. The van der Waals surface area contributed by atoms with Gasteiger partial charge in [0.15, 0.2) is 0 Å². The van der Waals surface area contributed by atoms with Crippen molar-refractivity contribution < 1.29 is 17.9 Å². The molecule has 2 aromatic rings. The second kappa shape index (κ2) is 9.91. The van der Waals surface area contributed by atoms with E-state index in [-0.39, 0.29) is 10.8 Å². The van der Waals surface area contributed by atoms with E-state index < -0.39 is 10.0 Å². The molecular weight excluding hydrogens is 414 g/mol. The van der Waals surface area contributed by atoms with Crippen molar-refractivity contribution >= 4 is 21.6 Å². The maximum Gasteiger partial charge on any atom is 0.255 e. The maximum atomic E-state index is 12.9. The summed E-state index contributed by atoms with van der Waals surface area (Å²) in [6.07, 6.45) is 3.77. The number of amides is 1. The average Bonchev–Trinajstić information content (AvgIpc) is 2.81. The Kier molecular flexibility index (Phi) is 7.02. The molecule has 31 heavy (non-hydrogen) atoms. The van der Waals surface area contributed by atoms with E-state index in [1.54, 1.807) is 12.1 Å². The number of hydrogen-bond acceptors (Lipinski definition) is 5. The van der Waals surface area contributed by atoms with Gasteiger partial charge in [-0.2, -0.15) is 4.31 Å². The molecule has 0 radical (unpaired) electrons. The van der Waals surface area contributed by atoms with Gasteiger partial charge in [0, 0.05) is 30.9 Å². The summed E-state index contributed by atoms with van der Waals surface area (Å²) in [6, 6.07) is 14.1. The Labute approximate surface area is 184 Å². The number of anilines is 1. The van der Waals surface area contributed by atoms with Gasteiger partial charge in [0.2, 0.25) is 10.0 Å². The van der Waals surface area contributed by atoms with E-state index in [0.29, 0.717) is 37.6 Å². The SMILES string of the molecule is O=C(Nc1cccc(CN2CCCCC2)c1)c1cccc(S(=O)(=O)N2CCOCC2)c1. The van der Waals surface area contributed by atoms with Gasteiger partial charge >= 0.3 is 0 Å². The number of piperidine rings is 1. The molecule has 2 aromatic carbocycles. The van der Waals surface area contributed by atoms with Crippen LogP contribution in [0.4, 0.5) is 5.69 Å². The summed E-state index contributed by atoms with van der Waals surface area (Å²) in [6.45, 7) is 4.50. The van der Waals surface area contributed by atoms with Crippen LogP contribution in [0.3, 0.4) is 0 Å². The molecule has 0 saturated carbocycles. The summed E-state index contributed by atoms with van der Waals surface area (Å²) in [5.41, 5.74) is 2.18. The second-order valence-corrected chi connectivity index (χ2v) is 9.97. The van der Waals surface area contributed by atoms with Crippen molar-refractivity contribution in [3.05, 3.63) is 59.7 Å². The van der Waals surface area contributed by atoms with Crippen molar-refractivity contribution in [1.82, 2.24) is 9.21 Å². The van der Waals surface area contributed by atoms with Gasteiger partial charge in [-0.3, -0.25) is 9.69 Å². The Hall–Kier alpha value is -2.26. The van der Waals surface area contributed by atoms with Crippen LogP contribution in [-0.2, 0) is 21.3 Å². The van der Waals surface area contributed by atoms with E-state index in [0.717, 1.165) is 25.2 Å².